The molecule has 0 amide bonds. The standard InChI is InChI=1S/C19H21N3O/c1-2-23-19-12-9-16(10-13-19)8-11-18-15-22(21-20-18)14-17-6-4-3-5-7-17/h3-7,9-10,12-13,15H,2,8,11,14H2,1H3. The van der Waals surface area contributed by atoms with Gasteiger partial charge in [0.05, 0.1) is 18.8 Å². The zero-order valence-corrected chi connectivity index (χ0v) is 13.4. The monoisotopic (exact) mass is 307 g/mol. The highest BCUT2D eigenvalue weighted by Gasteiger charge is 2.03. The SMILES string of the molecule is CCOc1ccc(CCc2cn(Cc3ccccc3)nn2)cc1. The first-order valence-corrected chi connectivity index (χ1v) is 7.98. The van der Waals surface area contributed by atoms with Gasteiger partial charge in [0, 0.05) is 6.20 Å². The Morgan fingerprint density at radius 3 is 2.43 bits per heavy atom. The van der Waals surface area contributed by atoms with Crippen molar-refractivity contribution in [1.29, 1.82) is 0 Å². The molecule has 0 spiro atoms. The van der Waals surface area contributed by atoms with Gasteiger partial charge in [-0.2, -0.15) is 0 Å². The lowest BCUT2D eigenvalue weighted by atomic mass is 10.1. The fourth-order valence-corrected chi connectivity index (χ4v) is 2.49. The predicted molar refractivity (Wildman–Crippen MR) is 90.6 cm³/mol. The Morgan fingerprint density at radius 1 is 0.913 bits per heavy atom. The van der Waals surface area contributed by atoms with Crippen molar-refractivity contribution in [2.24, 2.45) is 0 Å². The van der Waals surface area contributed by atoms with Crippen LogP contribution in [-0.4, -0.2) is 21.6 Å². The topological polar surface area (TPSA) is 39.9 Å². The minimum atomic E-state index is 0.698. The van der Waals surface area contributed by atoms with Gasteiger partial charge in [-0.1, -0.05) is 47.7 Å². The third-order valence-corrected chi connectivity index (χ3v) is 3.68. The molecule has 0 saturated heterocycles. The summed E-state index contributed by atoms with van der Waals surface area (Å²) in [6.45, 7) is 3.45. The van der Waals surface area contributed by atoms with E-state index >= 15 is 0 Å². The number of rotatable bonds is 7. The fourth-order valence-electron chi connectivity index (χ4n) is 2.49. The lowest BCUT2D eigenvalue weighted by Gasteiger charge is -2.04. The van der Waals surface area contributed by atoms with Crippen LogP contribution < -0.4 is 4.74 Å². The first-order chi connectivity index (χ1) is 11.3. The summed E-state index contributed by atoms with van der Waals surface area (Å²) in [5.41, 5.74) is 3.54. The Hall–Kier alpha value is -2.62. The van der Waals surface area contributed by atoms with E-state index < -0.39 is 0 Å². The molecular weight excluding hydrogens is 286 g/mol. The molecule has 0 aliphatic carbocycles. The summed E-state index contributed by atoms with van der Waals surface area (Å²) >= 11 is 0. The Balaban J connectivity index is 1.54. The molecule has 2 aromatic carbocycles. The van der Waals surface area contributed by atoms with Crippen molar-refractivity contribution in [1.82, 2.24) is 15.0 Å². The summed E-state index contributed by atoms with van der Waals surface area (Å²) in [7, 11) is 0. The van der Waals surface area contributed by atoms with Gasteiger partial charge >= 0.3 is 0 Å². The van der Waals surface area contributed by atoms with Crippen molar-refractivity contribution in [3.8, 4) is 5.75 Å². The molecule has 0 saturated carbocycles. The molecule has 118 valence electrons. The van der Waals surface area contributed by atoms with Crippen molar-refractivity contribution in [3.05, 3.63) is 77.6 Å². The maximum absolute atomic E-state index is 5.46. The van der Waals surface area contributed by atoms with Crippen LogP contribution in [0.3, 0.4) is 0 Å². The third-order valence-electron chi connectivity index (χ3n) is 3.68. The molecule has 0 bridgehead atoms. The number of hydrogen-bond donors (Lipinski definition) is 0. The zero-order chi connectivity index (χ0) is 15.9. The third kappa shape index (κ3) is 4.42. The average molecular weight is 307 g/mol. The molecular formula is C19H21N3O. The second-order valence-electron chi connectivity index (χ2n) is 5.47. The summed E-state index contributed by atoms with van der Waals surface area (Å²) in [4.78, 5) is 0. The van der Waals surface area contributed by atoms with E-state index in [-0.39, 0.29) is 0 Å². The van der Waals surface area contributed by atoms with Crippen LogP contribution in [0.5, 0.6) is 5.75 Å². The molecule has 0 aliphatic rings. The lowest BCUT2D eigenvalue weighted by molar-refractivity contribution is 0.340. The Labute approximate surface area is 136 Å². The maximum Gasteiger partial charge on any atom is 0.119 e. The first-order valence-electron chi connectivity index (χ1n) is 7.98. The van der Waals surface area contributed by atoms with Crippen LogP contribution in [0.1, 0.15) is 23.7 Å². The van der Waals surface area contributed by atoms with Crippen LogP contribution in [0.4, 0.5) is 0 Å². The van der Waals surface area contributed by atoms with E-state index in [1.54, 1.807) is 0 Å². The van der Waals surface area contributed by atoms with Gasteiger partial charge < -0.3 is 4.74 Å². The fraction of sp³-hybridized carbons (Fsp3) is 0.263. The van der Waals surface area contributed by atoms with E-state index in [2.05, 4.69) is 34.6 Å². The van der Waals surface area contributed by atoms with Crippen LogP contribution >= 0.6 is 0 Å². The Kier molecular flexibility index (Phi) is 5.04. The lowest BCUT2D eigenvalue weighted by Crippen LogP contribution is -1.99. The van der Waals surface area contributed by atoms with Gasteiger partial charge in [0.1, 0.15) is 5.75 Å². The van der Waals surface area contributed by atoms with Gasteiger partial charge in [0.25, 0.3) is 0 Å². The summed E-state index contributed by atoms with van der Waals surface area (Å²) in [5.74, 6) is 0.921. The smallest absolute Gasteiger partial charge is 0.119 e. The van der Waals surface area contributed by atoms with E-state index in [9.17, 15) is 0 Å². The Bertz CT molecular complexity index is 720. The van der Waals surface area contributed by atoms with Gasteiger partial charge in [0.2, 0.25) is 0 Å². The van der Waals surface area contributed by atoms with E-state index in [1.165, 1.54) is 11.1 Å². The van der Waals surface area contributed by atoms with Gasteiger partial charge in [-0.05, 0) is 43.0 Å². The molecule has 23 heavy (non-hydrogen) atoms. The molecule has 0 aliphatic heterocycles. The van der Waals surface area contributed by atoms with Crippen molar-refractivity contribution < 1.29 is 4.74 Å². The van der Waals surface area contributed by atoms with Crippen molar-refractivity contribution in [2.45, 2.75) is 26.3 Å². The van der Waals surface area contributed by atoms with E-state index in [0.717, 1.165) is 30.8 Å². The number of ether oxygens (including phenoxy) is 1. The van der Waals surface area contributed by atoms with Crippen LogP contribution in [0, 0.1) is 0 Å². The van der Waals surface area contributed by atoms with Crippen molar-refractivity contribution >= 4 is 0 Å². The second-order valence-corrected chi connectivity index (χ2v) is 5.47. The molecule has 1 heterocycles. The predicted octanol–water partition coefficient (Wildman–Crippen LogP) is 3.51. The van der Waals surface area contributed by atoms with E-state index in [1.807, 2.05) is 48.1 Å². The highest BCUT2D eigenvalue weighted by atomic mass is 16.5. The molecule has 3 aromatic rings. The minimum absolute atomic E-state index is 0.698. The molecule has 4 nitrogen and oxygen atoms in total. The van der Waals surface area contributed by atoms with Gasteiger partial charge in [-0.25, -0.2) is 4.68 Å². The van der Waals surface area contributed by atoms with Gasteiger partial charge in [-0.15, -0.1) is 5.10 Å². The summed E-state index contributed by atoms with van der Waals surface area (Å²) in [6.07, 6.45) is 3.88. The number of nitrogens with zero attached hydrogens (tertiary/aromatic N) is 3. The number of benzene rings is 2. The quantitative estimate of drug-likeness (QED) is 0.670. The highest BCUT2D eigenvalue weighted by Crippen LogP contribution is 2.13. The second kappa shape index (κ2) is 7.58. The van der Waals surface area contributed by atoms with Gasteiger partial charge in [-0.3, -0.25) is 0 Å². The summed E-state index contributed by atoms with van der Waals surface area (Å²) in [5, 5.41) is 8.47. The van der Waals surface area contributed by atoms with Gasteiger partial charge in [0.15, 0.2) is 0 Å². The number of aryl methyl sites for hydroxylation is 2. The minimum Gasteiger partial charge on any atom is -0.494 e. The maximum atomic E-state index is 5.46. The van der Waals surface area contributed by atoms with E-state index in [0.29, 0.717) is 6.61 Å². The Morgan fingerprint density at radius 2 is 1.70 bits per heavy atom. The first kappa shape index (κ1) is 15.3. The molecule has 0 N–H and O–H groups in total. The van der Waals surface area contributed by atoms with Crippen LogP contribution in [0.25, 0.3) is 0 Å². The van der Waals surface area contributed by atoms with Crippen LogP contribution in [-0.2, 0) is 19.4 Å². The van der Waals surface area contributed by atoms with Crippen LogP contribution in [0.15, 0.2) is 60.8 Å². The van der Waals surface area contributed by atoms with Crippen molar-refractivity contribution in [3.63, 3.8) is 0 Å². The normalized spacial score (nSPS) is 10.7. The highest BCUT2D eigenvalue weighted by molar-refractivity contribution is 5.27. The van der Waals surface area contributed by atoms with Crippen LogP contribution in [0.2, 0.25) is 0 Å². The molecule has 3 rings (SSSR count). The number of hydrogen-bond acceptors (Lipinski definition) is 3. The zero-order valence-electron chi connectivity index (χ0n) is 13.4. The molecule has 0 atom stereocenters. The molecule has 0 fully saturated rings. The van der Waals surface area contributed by atoms with E-state index in [4.69, 9.17) is 4.74 Å². The molecule has 0 radical (unpaired) electrons. The summed E-state index contributed by atoms with van der Waals surface area (Å²) in [6, 6.07) is 18.6. The summed E-state index contributed by atoms with van der Waals surface area (Å²) < 4.78 is 7.35. The molecule has 0 unspecified atom stereocenters. The largest absolute Gasteiger partial charge is 0.494 e. The van der Waals surface area contributed by atoms with Crippen molar-refractivity contribution in [2.75, 3.05) is 6.61 Å². The average Bonchev–Trinajstić information content (AvgIpc) is 3.03. The molecule has 1 aromatic heterocycles. The number of aromatic nitrogens is 3. The molecule has 4 heteroatoms.